The molecule has 3 N–H and O–H groups in total. The van der Waals surface area contributed by atoms with Crippen molar-refractivity contribution in [1.29, 1.82) is 0 Å². The van der Waals surface area contributed by atoms with Gasteiger partial charge in [-0.15, -0.1) is 0 Å². The molecule has 2 amide bonds. The van der Waals surface area contributed by atoms with Crippen LogP contribution in [0.15, 0.2) is 42.5 Å². The van der Waals surface area contributed by atoms with Crippen LogP contribution in [0.2, 0.25) is 0 Å². The molecule has 3 atom stereocenters. The van der Waals surface area contributed by atoms with Crippen molar-refractivity contribution in [2.75, 3.05) is 6.61 Å². The number of ether oxygens (including phenoxy) is 1. The molecule has 9 heteroatoms. The van der Waals surface area contributed by atoms with Crippen molar-refractivity contribution in [3.63, 3.8) is 0 Å². The molecule has 0 radical (unpaired) electrons. The van der Waals surface area contributed by atoms with Crippen LogP contribution in [-0.2, 0) is 9.53 Å². The summed E-state index contributed by atoms with van der Waals surface area (Å²) in [4.78, 5) is 24.4. The van der Waals surface area contributed by atoms with Crippen molar-refractivity contribution < 1.29 is 32.6 Å². The minimum Gasteiger partial charge on any atom is -0.466 e. The normalized spacial score (nSPS) is 25.6. The van der Waals surface area contributed by atoms with E-state index in [-0.39, 0.29) is 12.2 Å². The van der Waals surface area contributed by atoms with Crippen LogP contribution in [0.25, 0.3) is 10.8 Å². The van der Waals surface area contributed by atoms with Gasteiger partial charge in [-0.2, -0.15) is 13.2 Å². The van der Waals surface area contributed by atoms with Crippen LogP contribution < -0.4 is 10.6 Å². The third-order valence-electron chi connectivity index (χ3n) is 4.51. The number of amides is 2. The number of hydrogen-bond acceptors (Lipinski definition) is 4. The smallest absolute Gasteiger partial charge is 0.437 e. The van der Waals surface area contributed by atoms with Crippen molar-refractivity contribution in [3.05, 3.63) is 48.0 Å². The molecule has 144 valence electrons. The average Bonchev–Trinajstić information content (AvgIpc) is 2.59. The lowest BCUT2D eigenvalue weighted by molar-refractivity contribution is -0.294. The Balaban J connectivity index is 2.21. The molecule has 1 heterocycles. The molecule has 2 aromatic carbocycles. The zero-order chi connectivity index (χ0) is 19.8. The standard InChI is InChI=1S/C18H17F3N2O4/c1-2-27-15(24)13-14(22-16(25)23-17(13,26)18(19,20)21)12-9-5-7-10-6-3-4-8-11(10)12/h3-9,13-14,26H,2H2,1H3,(H2,22,23,25)/t13-,14-,17-/m0/s1. The molecule has 0 spiro atoms. The van der Waals surface area contributed by atoms with Crippen molar-refractivity contribution >= 4 is 22.8 Å². The number of esters is 1. The van der Waals surface area contributed by atoms with Gasteiger partial charge in [0.05, 0.1) is 12.6 Å². The summed E-state index contributed by atoms with van der Waals surface area (Å²) in [6.45, 7) is 1.26. The SMILES string of the molecule is CCOC(=O)[C@@H]1[C@H](c2cccc3ccccc23)NC(=O)N[C@@]1(O)C(F)(F)F. The van der Waals surface area contributed by atoms with E-state index < -0.39 is 35.9 Å². The molecule has 3 rings (SSSR count). The third-order valence-corrected chi connectivity index (χ3v) is 4.51. The summed E-state index contributed by atoms with van der Waals surface area (Å²) in [6.07, 6.45) is -5.30. The van der Waals surface area contributed by atoms with Crippen molar-refractivity contribution in [2.24, 2.45) is 5.92 Å². The van der Waals surface area contributed by atoms with E-state index in [1.165, 1.54) is 18.3 Å². The molecule has 2 aromatic rings. The first kappa shape index (κ1) is 19.0. The highest BCUT2D eigenvalue weighted by molar-refractivity contribution is 5.89. The zero-order valence-corrected chi connectivity index (χ0v) is 14.2. The maximum Gasteiger partial charge on any atom is 0.437 e. The molecule has 0 aromatic heterocycles. The summed E-state index contributed by atoms with van der Waals surface area (Å²) < 4.78 is 45.7. The lowest BCUT2D eigenvalue weighted by Crippen LogP contribution is -2.73. The first-order valence-corrected chi connectivity index (χ1v) is 8.21. The number of nitrogens with one attached hydrogen (secondary N) is 2. The number of rotatable bonds is 3. The molecule has 27 heavy (non-hydrogen) atoms. The van der Waals surface area contributed by atoms with E-state index in [2.05, 4.69) is 5.32 Å². The summed E-state index contributed by atoms with van der Waals surface area (Å²) in [5.41, 5.74) is -3.51. The molecule has 0 saturated carbocycles. The van der Waals surface area contributed by atoms with Crippen molar-refractivity contribution in [3.8, 4) is 0 Å². The summed E-state index contributed by atoms with van der Waals surface area (Å²) in [7, 11) is 0. The molecular weight excluding hydrogens is 365 g/mol. The van der Waals surface area contributed by atoms with Crippen LogP contribution in [-0.4, -0.2) is 35.6 Å². The Morgan fingerprint density at radius 3 is 2.56 bits per heavy atom. The van der Waals surface area contributed by atoms with E-state index in [1.807, 2.05) is 0 Å². The average molecular weight is 382 g/mol. The second-order valence-corrected chi connectivity index (χ2v) is 6.14. The van der Waals surface area contributed by atoms with Gasteiger partial charge in [0.1, 0.15) is 5.92 Å². The Morgan fingerprint density at radius 2 is 1.89 bits per heavy atom. The van der Waals surface area contributed by atoms with E-state index in [0.717, 1.165) is 0 Å². The molecule has 0 bridgehead atoms. The minimum atomic E-state index is -5.30. The van der Waals surface area contributed by atoms with Gasteiger partial charge < -0.3 is 20.5 Å². The zero-order valence-electron chi connectivity index (χ0n) is 14.2. The van der Waals surface area contributed by atoms with Gasteiger partial charge in [-0.1, -0.05) is 42.5 Å². The van der Waals surface area contributed by atoms with Gasteiger partial charge in [0.25, 0.3) is 5.72 Å². The summed E-state index contributed by atoms with van der Waals surface area (Å²) in [5, 5.41) is 15.4. The van der Waals surface area contributed by atoms with E-state index in [9.17, 15) is 27.9 Å². The maximum atomic E-state index is 13.7. The Labute approximate surface area is 152 Å². The fraction of sp³-hybridized carbons (Fsp3) is 0.333. The summed E-state index contributed by atoms with van der Waals surface area (Å²) >= 11 is 0. The monoisotopic (exact) mass is 382 g/mol. The fourth-order valence-electron chi connectivity index (χ4n) is 3.32. The highest BCUT2D eigenvalue weighted by Gasteiger charge is 2.67. The van der Waals surface area contributed by atoms with E-state index >= 15 is 0 Å². The van der Waals surface area contributed by atoms with Crippen LogP contribution in [0, 0.1) is 5.92 Å². The van der Waals surface area contributed by atoms with Crippen LogP contribution in [0.1, 0.15) is 18.5 Å². The number of hydrogen-bond donors (Lipinski definition) is 3. The number of fused-ring (bicyclic) bond motifs is 1. The number of carbonyl (C=O) groups excluding carboxylic acids is 2. The van der Waals surface area contributed by atoms with Gasteiger partial charge in [0.15, 0.2) is 0 Å². The lowest BCUT2D eigenvalue weighted by Gasteiger charge is -2.44. The number of aliphatic hydroxyl groups is 1. The number of halogens is 3. The van der Waals surface area contributed by atoms with E-state index in [1.54, 1.807) is 36.4 Å². The predicted octanol–water partition coefficient (Wildman–Crippen LogP) is 2.62. The first-order chi connectivity index (χ1) is 12.7. The van der Waals surface area contributed by atoms with Crippen LogP contribution in [0.3, 0.4) is 0 Å². The van der Waals surface area contributed by atoms with Gasteiger partial charge in [-0.3, -0.25) is 4.79 Å². The third kappa shape index (κ3) is 3.18. The highest BCUT2D eigenvalue weighted by atomic mass is 19.4. The molecule has 0 unspecified atom stereocenters. The lowest BCUT2D eigenvalue weighted by atomic mass is 9.80. The highest BCUT2D eigenvalue weighted by Crippen LogP contribution is 2.44. The Hall–Kier alpha value is -2.81. The van der Waals surface area contributed by atoms with Gasteiger partial charge in [0, 0.05) is 0 Å². The van der Waals surface area contributed by atoms with Gasteiger partial charge in [-0.25, -0.2) is 4.79 Å². The van der Waals surface area contributed by atoms with Crippen LogP contribution in [0.4, 0.5) is 18.0 Å². The van der Waals surface area contributed by atoms with Gasteiger partial charge in [0.2, 0.25) is 0 Å². The minimum absolute atomic E-state index is 0.181. The van der Waals surface area contributed by atoms with Gasteiger partial charge >= 0.3 is 18.2 Å². The number of benzene rings is 2. The summed E-state index contributed by atoms with van der Waals surface area (Å²) in [5.74, 6) is -3.41. The fourth-order valence-corrected chi connectivity index (χ4v) is 3.32. The second kappa shape index (κ2) is 6.73. The molecule has 1 saturated heterocycles. The Kier molecular flexibility index (Phi) is 4.73. The van der Waals surface area contributed by atoms with Crippen molar-refractivity contribution in [1.82, 2.24) is 10.6 Å². The quantitative estimate of drug-likeness (QED) is 0.713. The Morgan fingerprint density at radius 1 is 1.22 bits per heavy atom. The summed E-state index contributed by atoms with van der Waals surface area (Å²) in [6, 6.07) is 9.00. The number of alkyl halides is 3. The predicted molar refractivity (Wildman–Crippen MR) is 89.5 cm³/mol. The van der Waals surface area contributed by atoms with Gasteiger partial charge in [-0.05, 0) is 23.3 Å². The molecule has 1 aliphatic rings. The second-order valence-electron chi connectivity index (χ2n) is 6.14. The molecule has 0 aliphatic carbocycles. The first-order valence-electron chi connectivity index (χ1n) is 8.21. The Bertz CT molecular complexity index is 881. The molecule has 6 nitrogen and oxygen atoms in total. The number of carbonyl (C=O) groups is 2. The molecule has 1 aliphatic heterocycles. The van der Waals surface area contributed by atoms with E-state index in [4.69, 9.17) is 4.74 Å². The maximum absolute atomic E-state index is 13.7. The topological polar surface area (TPSA) is 87.7 Å². The van der Waals surface area contributed by atoms with Crippen LogP contribution in [0.5, 0.6) is 0 Å². The largest absolute Gasteiger partial charge is 0.466 e. The number of urea groups is 1. The van der Waals surface area contributed by atoms with E-state index in [0.29, 0.717) is 10.8 Å². The molecule has 1 fully saturated rings. The van der Waals surface area contributed by atoms with Crippen molar-refractivity contribution in [2.45, 2.75) is 24.9 Å². The van der Waals surface area contributed by atoms with Crippen LogP contribution >= 0.6 is 0 Å². The molecular formula is C18H17F3N2O4.